The maximum Gasteiger partial charge on any atom is 0.387 e. The molecule has 7 heteroatoms. The van der Waals surface area contributed by atoms with Crippen molar-refractivity contribution < 1.29 is 27.8 Å². The Bertz CT molecular complexity index is 477. The lowest BCUT2D eigenvalue weighted by atomic mass is 10.2. The first-order valence-electron chi connectivity index (χ1n) is 5.91. The van der Waals surface area contributed by atoms with E-state index in [1.807, 2.05) is 0 Å². The number of halogens is 2. The molecule has 0 unspecified atom stereocenters. The molecule has 1 rings (SSSR count). The molecule has 0 aliphatic heterocycles. The van der Waals surface area contributed by atoms with Crippen molar-refractivity contribution in [3.05, 3.63) is 29.8 Å². The van der Waals surface area contributed by atoms with Crippen molar-refractivity contribution in [3.63, 3.8) is 0 Å². The molecule has 0 fully saturated rings. The van der Waals surface area contributed by atoms with Crippen molar-refractivity contribution in [3.8, 4) is 5.75 Å². The third kappa shape index (κ3) is 5.64. The summed E-state index contributed by atoms with van der Waals surface area (Å²) in [6.45, 7) is 0.113. The summed E-state index contributed by atoms with van der Waals surface area (Å²) in [6, 6.07) is 5.28. The van der Waals surface area contributed by atoms with Gasteiger partial charge in [-0.2, -0.15) is 8.78 Å². The summed E-state index contributed by atoms with van der Waals surface area (Å²) in [5.41, 5.74) is 0.112. The number of benzene rings is 1. The molecule has 0 spiro atoms. The van der Waals surface area contributed by atoms with E-state index in [2.05, 4.69) is 10.1 Å². The Labute approximate surface area is 114 Å². The minimum atomic E-state index is -2.96. The molecule has 0 aliphatic rings. The fourth-order valence-corrected chi connectivity index (χ4v) is 1.37. The number of carbonyl (C=O) groups is 2. The van der Waals surface area contributed by atoms with Crippen LogP contribution in [-0.4, -0.2) is 31.1 Å². The van der Waals surface area contributed by atoms with Crippen LogP contribution in [0.25, 0.3) is 0 Å². The third-order valence-electron chi connectivity index (χ3n) is 2.08. The summed E-state index contributed by atoms with van der Waals surface area (Å²) in [7, 11) is 0. The molecular formula is C13H15F2NO4. The van der Waals surface area contributed by atoms with E-state index in [9.17, 15) is 18.4 Å². The summed E-state index contributed by atoms with van der Waals surface area (Å²) in [5.74, 6) is -1.28. The number of nitrogens with one attached hydrogen (secondary N) is 1. The molecule has 110 valence electrons. The fraction of sp³-hybridized carbons (Fsp3) is 0.385. The van der Waals surface area contributed by atoms with Gasteiger partial charge in [0, 0.05) is 5.56 Å². The van der Waals surface area contributed by atoms with Crippen molar-refractivity contribution in [1.82, 2.24) is 5.32 Å². The monoisotopic (exact) mass is 287 g/mol. The molecule has 0 radical (unpaired) electrons. The summed E-state index contributed by atoms with van der Waals surface area (Å²) in [6.07, 6.45) is -0.276. The highest BCUT2D eigenvalue weighted by atomic mass is 19.3. The maximum absolute atomic E-state index is 12.0. The Morgan fingerprint density at radius 3 is 2.60 bits per heavy atom. The van der Waals surface area contributed by atoms with Crippen molar-refractivity contribution in [2.45, 2.75) is 26.6 Å². The average Bonchev–Trinajstić information content (AvgIpc) is 2.34. The van der Waals surface area contributed by atoms with Gasteiger partial charge in [-0.15, -0.1) is 0 Å². The van der Waals surface area contributed by atoms with Crippen LogP contribution in [0.15, 0.2) is 24.3 Å². The molecular weight excluding hydrogens is 272 g/mol. The van der Waals surface area contributed by atoms with E-state index in [-0.39, 0.29) is 24.0 Å². The first kappa shape index (κ1) is 15.9. The quantitative estimate of drug-likeness (QED) is 0.812. The van der Waals surface area contributed by atoms with Crippen LogP contribution in [0.3, 0.4) is 0 Å². The van der Waals surface area contributed by atoms with Crippen molar-refractivity contribution in [2.24, 2.45) is 0 Å². The predicted octanol–water partition coefficient (Wildman–Crippen LogP) is 1.97. The standard InChI is InChI=1S/C13H15F2NO4/c1-8(2)19-11(17)7-16-12(18)9-4-3-5-10(6-9)20-13(14)15/h3-6,8,13H,7H2,1-2H3,(H,16,18). The lowest BCUT2D eigenvalue weighted by Gasteiger charge is -2.09. The minimum absolute atomic E-state index is 0.112. The van der Waals surface area contributed by atoms with Gasteiger partial charge in [-0.05, 0) is 32.0 Å². The van der Waals surface area contributed by atoms with E-state index in [1.165, 1.54) is 18.2 Å². The summed E-state index contributed by atoms with van der Waals surface area (Å²) < 4.78 is 33.1. The topological polar surface area (TPSA) is 64.6 Å². The lowest BCUT2D eigenvalue weighted by Crippen LogP contribution is -2.31. The highest BCUT2D eigenvalue weighted by molar-refractivity contribution is 5.96. The van der Waals surface area contributed by atoms with Gasteiger partial charge in [0.2, 0.25) is 0 Å². The lowest BCUT2D eigenvalue weighted by molar-refractivity contribution is -0.146. The molecule has 0 aromatic heterocycles. The Balaban J connectivity index is 2.57. The minimum Gasteiger partial charge on any atom is -0.462 e. The van der Waals surface area contributed by atoms with E-state index in [4.69, 9.17) is 4.74 Å². The number of hydrogen-bond donors (Lipinski definition) is 1. The molecule has 0 saturated heterocycles. The van der Waals surface area contributed by atoms with E-state index < -0.39 is 18.5 Å². The highest BCUT2D eigenvalue weighted by Crippen LogP contribution is 2.15. The SMILES string of the molecule is CC(C)OC(=O)CNC(=O)c1cccc(OC(F)F)c1. The molecule has 0 saturated carbocycles. The van der Waals surface area contributed by atoms with E-state index >= 15 is 0 Å². The Kier molecular flexibility index (Phi) is 5.89. The number of amides is 1. The zero-order chi connectivity index (χ0) is 15.1. The zero-order valence-electron chi connectivity index (χ0n) is 11.1. The number of esters is 1. The normalized spacial score (nSPS) is 10.5. The molecule has 0 atom stereocenters. The molecule has 1 aromatic carbocycles. The van der Waals surface area contributed by atoms with E-state index in [0.29, 0.717) is 0 Å². The Morgan fingerprint density at radius 2 is 2.00 bits per heavy atom. The van der Waals surface area contributed by atoms with Crippen LogP contribution in [0.1, 0.15) is 24.2 Å². The fourth-order valence-electron chi connectivity index (χ4n) is 1.37. The maximum atomic E-state index is 12.0. The van der Waals surface area contributed by atoms with Crippen molar-refractivity contribution >= 4 is 11.9 Å². The smallest absolute Gasteiger partial charge is 0.387 e. The van der Waals surface area contributed by atoms with Crippen LogP contribution in [0.4, 0.5) is 8.78 Å². The molecule has 1 aromatic rings. The highest BCUT2D eigenvalue weighted by Gasteiger charge is 2.12. The van der Waals surface area contributed by atoms with Crippen LogP contribution in [-0.2, 0) is 9.53 Å². The molecule has 0 bridgehead atoms. The van der Waals surface area contributed by atoms with Gasteiger partial charge in [0.05, 0.1) is 6.10 Å². The largest absolute Gasteiger partial charge is 0.462 e. The Morgan fingerprint density at radius 1 is 1.30 bits per heavy atom. The second-order valence-electron chi connectivity index (χ2n) is 4.13. The van der Waals surface area contributed by atoms with Crippen LogP contribution in [0.2, 0.25) is 0 Å². The second-order valence-corrected chi connectivity index (χ2v) is 4.13. The molecule has 0 heterocycles. The summed E-state index contributed by atoms with van der Waals surface area (Å²) >= 11 is 0. The second kappa shape index (κ2) is 7.42. The summed E-state index contributed by atoms with van der Waals surface area (Å²) in [4.78, 5) is 23.0. The number of rotatable bonds is 6. The van der Waals surface area contributed by atoms with Crippen LogP contribution in [0.5, 0.6) is 5.75 Å². The molecule has 0 aliphatic carbocycles. The van der Waals surface area contributed by atoms with Gasteiger partial charge in [-0.1, -0.05) is 6.07 Å². The van der Waals surface area contributed by atoms with Crippen molar-refractivity contribution in [1.29, 1.82) is 0 Å². The summed E-state index contributed by atoms with van der Waals surface area (Å²) in [5, 5.41) is 2.33. The van der Waals surface area contributed by atoms with Gasteiger partial charge < -0.3 is 14.8 Å². The van der Waals surface area contributed by atoms with Gasteiger partial charge in [0.25, 0.3) is 5.91 Å². The van der Waals surface area contributed by atoms with E-state index in [1.54, 1.807) is 13.8 Å². The number of alkyl halides is 2. The molecule has 1 amide bonds. The van der Waals surface area contributed by atoms with Crippen molar-refractivity contribution in [2.75, 3.05) is 6.54 Å². The number of carbonyl (C=O) groups excluding carboxylic acids is 2. The van der Waals surface area contributed by atoms with Crippen LogP contribution >= 0.6 is 0 Å². The third-order valence-corrected chi connectivity index (χ3v) is 2.08. The molecule has 5 nitrogen and oxygen atoms in total. The predicted molar refractivity (Wildman–Crippen MR) is 66.6 cm³/mol. The Hall–Kier alpha value is -2.18. The molecule has 1 N–H and O–H groups in total. The average molecular weight is 287 g/mol. The first-order chi connectivity index (χ1) is 9.38. The van der Waals surface area contributed by atoms with Gasteiger partial charge in [0.1, 0.15) is 12.3 Å². The van der Waals surface area contributed by atoms with Gasteiger partial charge in [-0.25, -0.2) is 0 Å². The van der Waals surface area contributed by atoms with Crippen LogP contribution in [0, 0.1) is 0 Å². The zero-order valence-corrected chi connectivity index (χ0v) is 11.1. The number of hydrogen-bond acceptors (Lipinski definition) is 4. The van der Waals surface area contributed by atoms with Crippen LogP contribution < -0.4 is 10.1 Å². The van der Waals surface area contributed by atoms with Gasteiger partial charge in [0.15, 0.2) is 0 Å². The van der Waals surface area contributed by atoms with Gasteiger partial charge >= 0.3 is 12.6 Å². The molecule has 20 heavy (non-hydrogen) atoms. The van der Waals surface area contributed by atoms with Gasteiger partial charge in [-0.3, -0.25) is 9.59 Å². The van der Waals surface area contributed by atoms with E-state index in [0.717, 1.165) is 6.07 Å². The number of ether oxygens (including phenoxy) is 2. The first-order valence-corrected chi connectivity index (χ1v) is 5.91.